The molecule has 136 valence electrons. The van der Waals surface area contributed by atoms with Crippen LogP contribution in [0.1, 0.15) is 18.1 Å². The molecule has 2 aromatic carbocycles. The van der Waals surface area contributed by atoms with Gasteiger partial charge in [-0.1, -0.05) is 67.3 Å². The van der Waals surface area contributed by atoms with Crippen molar-refractivity contribution in [2.75, 3.05) is 0 Å². The molecule has 2 nitrogen and oxygen atoms in total. The largest absolute Gasteiger partial charge is 0.249 e. The molecule has 0 radical (unpaired) electrons. The van der Waals surface area contributed by atoms with Crippen molar-refractivity contribution >= 4 is 6.20 Å². The molecule has 0 atom stereocenters. The van der Waals surface area contributed by atoms with Gasteiger partial charge in [0, 0.05) is 11.1 Å². The second-order valence-electron chi connectivity index (χ2n) is 6.65. The third kappa shape index (κ3) is 3.85. The predicted octanol–water partition coefficient (Wildman–Crippen LogP) is 5.96. The molecule has 2 heteroatoms. The van der Waals surface area contributed by atoms with Gasteiger partial charge in [0.05, 0.1) is 6.20 Å². The molecule has 0 unspecified atom stereocenters. The van der Waals surface area contributed by atoms with E-state index in [9.17, 15) is 0 Å². The van der Waals surface area contributed by atoms with E-state index in [1.807, 2.05) is 12.2 Å². The Labute approximate surface area is 162 Å². The average Bonchev–Trinajstić information content (AvgIpc) is 3.03. The first kappa shape index (κ1) is 18.7. The van der Waals surface area contributed by atoms with Crippen molar-refractivity contribution in [1.29, 1.82) is 0 Å². The Hall–Kier alpha value is -3.13. The zero-order chi connectivity index (χ0) is 19.2. The average molecular weight is 356 g/mol. The van der Waals surface area contributed by atoms with Crippen molar-refractivity contribution in [2.24, 2.45) is 0 Å². The van der Waals surface area contributed by atoms with Crippen molar-refractivity contribution in [2.45, 2.75) is 27.3 Å². The Kier molecular flexibility index (Phi) is 5.87. The van der Waals surface area contributed by atoms with Crippen LogP contribution >= 0.6 is 0 Å². The van der Waals surface area contributed by atoms with E-state index < -0.39 is 0 Å². The summed E-state index contributed by atoms with van der Waals surface area (Å²) < 4.78 is 4.52. The SMILES string of the molecule is C=CC=Cn1c[n+](CC=CC)c(-c2ccccc2C)c1-c1ccccc1C. The third-order valence-electron chi connectivity index (χ3n) is 4.75. The van der Waals surface area contributed by atoms with Gasteiger partial charge in [-0.2, -0.15) is 0 Å². The lowest BCUT2D eigenvalue weighted by Crippen LogP contribution is -2.33. The number of imidazole rings is 1. The van der Waals surface area contributed by atoms with Gasteiger partial charge in [-0.25, -0.2) is 9.13 Å². The summed E-state index contributed by atoms with van der Waals surface area (Å²) in [5.41, 5.74) is 7.46. The van der Waals surface area contributed by atoms with Gasteiger partial charge in [0.25, 0.3) is 0 Å². The predicted molar refractivity (Wildman–Crippen MR) is 115 cm³/mol. The number of benzene rings is 2. The Balaban J connectivity index is 2.38. The fourth-order valence-electron chi connectivity index (χ4n) is 3.37. The van der Waals surface area contributed by atoms with Crippen LogP contribution in [0.25, 0.3) is 28.7 Å². The summed E-state index contributed by atoms with van der Waals surface area (Å²) in [7, 11) is 0. The van der Waals surface area contributed by atoms with E-state index in [4.69, 9.17) is 0 Å². The summed E-state index contributed by atoms with van der Waals surface area (Å²) in [6, 6.07) is 17.2. The Morgan fingerprint density at radius 2 is 1.59 bits per heavy atom. The number of aryl methyl sites for hydroxylation is 2. The van der Waals surface area contributed by atoms with Gasteiger partial charge in [0.2, 0.25) is 6.33 Å². The van der Waals surface area contributed by atoms with Crippen molar-refractivity contribution < 1.29 is 4.57 Å². The molecule has 0 saturated carbocycles. The van der Waals surface area contributed by atoms with E-state index in [0.29, 0.717) is 0 Å². The van der Waals surface area contributed by atoms with Crippen LogP contribution in [0.3, 0.4) is 0 Å². The van der Waals surface area contributed by atoms with Crippen LogP contribution in [0.15, 0.2) is 85.7 Å². The van der Waals surface area contributed by atoms with Crippen LogP contribution < -0.4 is 4.57 Å². The standard InChI is InChI=1S/C25H27N2/c1-5-7-17-26-19-27(18-8-6-2)25(23-16-12-10-14-21(23)4)24(26)22-15-11-9-13-20(22)3/h5-17,19H,1,18H2,2-4H3/q+1. The van der Waals surface area contributed by atoms with Crippen LogP contribution in [0.2, 0.25) is 0 Å². The number of allylic oxidation sites excluding steroid dienone is 4. The molecular weight excluding hydrogens is 328 g/mol. The smallest absolute Gasteiger partial charge is 0.225 e. The molecule has 0 spiro atoms. The van der Waals surface area contributed by atoms with Crippen LogP contribution in [0.5, 0.6) is 0 Å². The Bertz CT molecular complexity index is 1000. The zero-order valence-corrected chi connectivity index (χ0v) is 16.4. The van der Waals surface area contributed by atoms with Crippen LogP contribution in [-0.2, 0) is 6.54 Å². The highest BCUT2D eigenvalue weighted by atomic mass is 15.1. The molecule has 0 aliphatic heterocycles. The van der Waals surface area contributed by atoms with Gasteiger partial charge >= 0.3 is 0 Å². The highest BCUT2D eigenvalue weighted by molar-refractivity contribution is 5.80. The summed E-state index contributed by atoms with van der Waals surface area (Å²) in [4.78, 5) is 0. The summed E-state index contributed by atoms with van der Waals surface area (Å²) in [6.07, 6.45) is 12.3. The first-order chi connectivity index (χ1) is 13.2. The van der Waals surface area contributed by atoms with Crippen molar-refractivity contribution in [3.05, 3.63) is 96.9 Å². The topological polar surface area (TPSA) is 8.81 Å². The minimum Gasteiger partial charge on any atom is -0.225 e. The van der Waals surface area contributed by atoms with Gasteiger partial charge in [-0.3, -0.25) is 0 Å². The van der Waals surface area contributed by atoms with E-state index in [2.05, 4.69) is 110 Å². The first-order valence-electron chi connectivity index (χ1n) is 9.34. The van der Waals surface area contributed by atoms with E-state index in [-0.39, 0.29) is 0 Å². The molecule has 0 aliphatic rings. The summed E-state index contributed by atoms with van der Waals surface area (Å²) in [5.74, 6) is 0. The van der Waals surface area contributed by atoms with E-state index >= 15 is 0 Å². The van der Waals surface area contributed by atoms with Crippen LogP contribution in [-0.4, -0.2) is 4.57 Å². The van der Waals surface area contributed by atoms with Gasteiger partial charge < -0.3 is 0 Å². The monoisotopic (exact) mass is 355 g/mol. The van der Waals surface area contributed by atoms with Crippen LogP contribution in [0.4, 0.5) is 0 Å². The second kappa shape index (κ2) is 8.50. The molecule has 0 amide bonds. The normalized spacial score (nSPS) is 11.5. The highest BCUT2D eigenvalue weighted by Gasteiger charge is 2.26. The fourth-order valence-corrected chi connectivity index (χ4v) is 3.37. The van der Waals surface area contributed by atoms with E-state index in [1.165, 1.54) is 33.6 Å². The lowest BCUT2D eigenvalue weighted by molar-refractivity contribution is -0.675. The summed E-state index contributed by atoms with van der Waals surface area (Å²) in [6.45, 7) is 11.1. The van der Waals surface area contributed by atoms with Gasteiger partial charge in [-0.15, -0.1) is 0 Å². The maximum atomic E-state index is 3.83. The number of hydrogen-bond donors (Lipinski definition) is 0. The summed E-state index contributed by atoms with van der Waals surface area (Å²) >= 11 is 0. The minimum absolute atomic E-state index is 0.827. The Morgan fingerprint density at radius 1 is 0.963 bits per heavy atom. The lowest BCUT2D eigenvalue weighted by atomic mass is 9.98. The number of hydrogen-bond acceptors (Lipinski definition) is 0. The molecule has 1 aromatic heterocycles. The van der Waals surface area contributed by atoms with E-state index in [1.54, 1.807) is 0 Å². The molecule has 3 rings (SSSR count). The molecule has 0 saturated heterocycles. The number of rotatable bonds is 6. The van der Waals surface area contributed by atoms with Crippen molar-refractivity contribution in [3.63, 3.8) is 0 Å². The molecule has 0 fully saturated rings. The minimum atomic E-state index is 0.827. The van der Waals surface area contributed by atoms with E-state index in [0.717, 1.165) is 6.54 Å². The van der Waals surface area contributed by atoms with Crippen molar-refractivity contribution in [1.82, 2.24) is 4.57 Å². The van der Waals surface area contributed by atoms with Crippen molar-refractivity contribution in [3.8, 4) is 22.5 Å². The highest BCUT2D eigenvalue weighted by Crippen LogP contribution is 2.34. The molecule has 0 aliphatic carbocycles. The van der Waals surface area contributed by atoms with Gasteiger partial charge in [-0.05, 0) is 44.1 Å². The van der Waals surface area contributed by atoms with Gasteiger partial charge in [0.1, 0.15) is 6.54 Å². The fraction of sp³-hybridized carbons (Fsp3) is 0.160. The lowest BCUT2D eigenvalue weighted by Gasteiger charge is -2.09. The zero-order valence-electron chi connectivity index (χ0n) is 16.4. The maximum Gasteiger partial charge on any atom is 0.249 e. The molecule has 0 N–H and O–H groups in total. The number of nitrogens with zero attached hydrogens (tertiary/aromatic N) is 2. The third-order valence-corrected chi connectivity index (χ3v) is 4.75. The molecular formula is C25H27N2+. The molecule has 3 aromatic rings. The summed E-state index contributed by atoms with van der Waals surface area (Å²) in [5, 5.41) is 0. The quantitative estimate of drug-likeness (QED) is 0.293. The molecule has 1 heterocycles. The van der Waals surface area contributed by atoms with Crippen LogP contribution in [0, 0.1) is 13.8 Å². The number of aromatic nitrogens is 2. The maximum absolute atomic E-state index is 3.83. The molecule has 27 heavy (non-hydrogen) atoms. The second-order valence-corrected chi connectivity index (χ2v) is 6.65. The molecule has 0 bridgehead atoms. The van der Waals surface area contributed by atoms with Gasteiger partial charge in [0.15, 0.2) is 11.4 Å². The first-order valence-corrected chi connectivity index (χ1v) is 9.34. The Morgan fingerprint density at radius 3 is 2.19 bits per heavy atom.